The summed E-state index contributed by atoms with van der Waals surface area (Å²) in [7, 11) is 0. The lowest BCUT2D eigenvalue weighted by atomic mass is 10.1. The minimum absolute atomic E-state index is 0.449. The second kappa shape index (κ2) is 9.20. The van der Waals surface area contributed by atoms with Gasteiger partial charge in [0, 0.05) is 42.5 Å². The molecule has 30 heavy (non-hydrogen) atoms. The molecule has 0 bridgehead atoms. The van der Waals surface area contributed by atoms with Crippen molar-refractivity contribution < 1.29 is 4.79 Å². The number of pyridine rings is 1. The number of benzene rings is 3. The van der Waals surface area contributed by atoms with Crippen LogP contribution < -0.4 is 16.4 Å². The van der Waals surface area contributed by atoms with E-state index >= 15 is 0 Å². The van der Waals surface area contributed by atoms with Gasteiger partial charge in [0.05, 0.1) is 5.52 Å². The van der Waals surface area contributed by atoms with Crippen molar-refractivity contribution >= 4 is 22.5 Å². The molecule has 0 unspecified atom stereocenters. The van der Waals surface area contributed by atoms with Gasteiger partial charge in [0.15, 0.2) is 0 Å². The molecule has 0 fully saturated rings. The summed E-state index contributed by atoms with van der Waals surface area (Å²) in [6.07, 6.45) is 1.74. The number of nitrogens with zero attached hydrogens (tertiary/aromatic N) is 1. The molecule has 0 saturated carbocycles. The molecular weight excluding hydrogens is 372 g/mol. The molecule has 0 aliphatic heterocycles. The van der Waals surface area contributed by atoms with Gasteiger partial charge in [-0.2, -0.15) is 0 Å². The fraction of sp³-hybridized carbons (Fsp3) is 0.120. The predicted octanol–water partition coefficient (Wildman–Crippen LogP) is 4.24. The molecule has 4 N–H and O–H groups in total. The number of hydrogen-bond acceptors (Lipinski definition) is 4. The maximum Gasteiger partial charge on any atom is 0.248 e. The second-order valence-electron chi connectivity index (χ2n) is 7.22. The molecule has 0 atom stereocenters. The Morgan fingerprint density at radius 2 is 1.53 bits per heavy atom. The summed E-state index contributed by atoms with van der Waals surface area (Å²) in [5, 5.41) is 7.94. The molecule has 150 valence electrons. The van der Waals surface area contributed by atoms with E-state index in [-0.39, 0.29) is 0 Å². The van der Waals surface area contributed by atoms with Crippen molar-refractivity contribution in [2.45, 2.75) is 19.6 Å². The first-order valence-electron chi connectivity index (χ1n) is 9.94. The Hall–Kier alpha value is -3.70. The summed E-state index contributed by atoms with van der Waals surface area (Å²) >= 11 is 0. The van der Waals surface area contributed by atoms with Crippen molar-refractivity contribution in [1.29, 1.82) is 0 Å². The van der Waals surface area contributed by atoms with Crippen LogP contribution in [0.2, 0.25) is 0 Å². The highest BCUT2D eigenvalue weighted by atomic mass is 16.1. The molecule has 3 aromatic carbocycles. The monoisotopic (exact) mass is 396 g/mol. The lowest BCUT2D eigenvalue weighted by Crippen LogP contribution is -2.13. The number of carbonyl (C=O) groups excluding carboxylic acids is 1. The summed E-state index contributed by atoms with van der Waals surface area (Å²) in [6, 6.07) is 26.2. The highest BCUT2D eigenvalue weighted by Crippen LogP contribution is 2.23. The van der Waals surface area contributed by atoms with Gasteiger partial charge in [-0.05, 0) is 41.0 Å². The summed E-state index contributed by atoms with van der Waals surface area (Å²) < 4.78 is 0. The molecule has 0 aliphatic carbocycles. The number of nitrogens with two attached hydrogens (primary N) is 1. The molecule has 1 amide bonds. The van der Waals surface area contributed by atoms with E-state index in [1.807, 2.05) is 18.2 Å². The molecule has 0 radical (unpaired) electrons. The van der Waals surface area contributed by atoms with Crippen LogP contribution in [0.15, 0.2) is 85.1 Å². The third-order valence-electron chi connectivity index (χ3n) is 5.00. The van der Waals surface area contributed by atoms with Crippen LogP contribution in [-0.4, -0.2) is 10.9 Å². The zero-order valence-electron chi connectivity index (χ0n) is 16.6. The van der Waals surface area contributed by atoms with Crippen molar-refractivity contribution in [3.05, 3.63) is 107 Å². The molecule has 1 aromatic heterocycles. The van der Waals surface area contributed by atoms with E-state index in [1.165, 1.54) is 16.7 Å². The predicted molar refractivity (Wildman–Crippen MR) is 121 cm³/mol. The molecule has 4 aromatic rings. The van der Waals surface area contributed by atoms with Gasteiger partial charge in [-0.3, -0.25) is 9.78 Å². The number of amides is 1. The smallest absolute Gasteiger partial charge is 0.248 e. The number of fused-ring (bicyclic) bond motifs is 1. The van der Waals surface area contributed by atoms with Crippen LogP contribution in [0, 0.1) is 0 Å². The van der Waals surface area contributed by atoms with Crippen molar-refractivity contribution in [2.75, 3.05) is 5.32 Å². The first-order chi connectivity index (χ1) is 14.7. The fourth-order valence-electron chi connectivity index (χ4n) is 3.45. The highest BCUT2D eigenvalue weighted by molar-refractivity contribution is 5.99. The van der Waals surface area contributed by atoms with Crippen molar-refractivity contribution in [2.24, 2.45) is 5.73 Å². The summed E-state index contributed by atoms with van der Waals surface area (Å²) in [5.74, 6) is -0.449. The number of nitrogens with one attached hydrogen (secondary N) is 2. The molecule has 5 nitrogen and oxygen atoms in total. The first-order valence-corrected chi connectivity index (χ1v) is 9.94. The quantitative estimate of drug-likeness (QED) is 0.416. The van der Waals surface area contributed by atoms with Crippen molar-refractivity contribution in [3.63, 3.8) is 0 Å². The number of hydrogen-bond donors (Lipinski definition) is 3. The van der Waals surface area contributed by atoms with Crippen LogP contribution in [0.3, 0.4) is 0 Å². The fourth-order valence-corrected chi connectivity index (χ4v) is 3.45. The van der Waals surface area contributed by atoms with Crippen LogP contribution in [0.4, 0.5) is 5.69 Å². The van der Waals surface area contributed by atoms with Crippen LogP contribution in [0.5, 0.6) is 0 Å². The van der Waals surface area contributed by atoms with Gasteiger partial charge in [0.1, 0.15) is 0 Å². The molecule has 1 heterocycles. The summed E-state index contributed by atoms with van der Waals surface area (Å²) in [5.41, 5.74) is 11.3. The number of anilines is 1. The van der Waals surface area contributed by atoms with Gasteiger partial charge in [0.2, 0.25) is 5.91 Å². The molecular formula is C25H24N4O. The van der Waals surface area contributed by atoms with Gasteiger partial charge in [-0.1, -0.05) is 54.6 Å². The minimum atomic E-state index is -0.449. The largest absolute Gasteiger partial charge is 0.380 e. The lowest BCUT2D eigenvalue weighted by Gasteiger charge is -2.11. The Morgan fingerprint density at radius 1 is 0.800 bits per heavy atom. The molecule has 0 spiro atoms. The van der Waals surface area contributed by atoms with E-state index in [0.29, 0.717) is 12.1 Å². The molecule has 4 rings (SSSR count). The number of carbonyl (C=O) groups is 1. The van der Waals surface area contributed by atoms with Gasteiger partial charge < -0.3 is 16.4 Å². The van der Waals surface area contributed by atoms with Gasteiger partial charge >= 0.3 is 0 Å². The number of aromatic nitrogens is 1. The normalized spacial score (nSPS) is 10.8. The third kappa shape index (κ3) is 4.82. The zero-order valence-corrected chi connectivity index (χ0v) is 16.6. The molecule has 0 saturated heterocycles. The van der Waals surface area contributed by atoms with E-state index < -0.39 is 5.91 Å². The number of rotatable bonds is 8. The Labute approximate surface area is 176 Å². The van der Waals surface area contributed by atoms with E-state index in [1.54, 1.807) is 18.3 Å². The van der Waals surface area contributed by atoms with Crippen LogP contribution in [-0.2, 0) is 19.6 Å². The SMILES string of the molecule is NC(=O)c1ccc2c(NCc3cccc(CNCc4ccccc4)c3)ccnc2c1. The minimum Gasteiger partial charge on any atom is -0.380 e. The van der Waals surface area contributed by atoms with Crippen LogP contribution in [0.25, 0.3) is 10.9 Å². The second-order valence-corrected chi connectivity index (χ2v) is 7.22. The first kappa shape index (κ1) is 19.6. The van der Waals surface area contributed by atoms with Gasteiger partial charge in [-0.25, -0.2) is 0 Å². The zero-order chi connectivity index (χ0) is 20.8. The maximum absolute atomic E-state index is 11.4. The Balaban J connectivity index is 1.40. The summed E-state index contributed by atoms with van der Waals surface area (Å²) in [6.45, 7) is 2.36. The van der Waals surface area contributed by atoms with E-state index in [2.05, 4.69) is 64.1 Å². The van der Waals surface area contributed by atoms with E-state index in [9.17, 15) is 4.79 Å². The maximum atomic E-state index is 11.4. The Bertz CT molecular complexity index is 1160. The van der Waals surface area contributed by atoms with Gasteiger partial charge in [0.25, 0.3) is 0 Å². The average molecular weight is 396 g/mol. The van der Waals surface area contributed by atoms with Crippen LogP contribution in [0.1, 0.15) is 27.0 Å². The standard InChI is InChI=1S/C25H24N4O/c26-25(30)21-9-10-22-23(11-12-28-24(22)14-21)29-17-20-8-4-7-19(13-20)16-27-15-18-5-2-1-3-6-18/h1-14,27H,15-17H2,(H2,26,30)(H,28,29). The third-order valence-corrected chi connectivity index (χ3v) is 5.00. The van der Waals surface area contributed by atoms with Gasteiger partial charge in [-0.15, -0.1) is 0 Å². The molecule has 5 heteroatoms. The van der Waals surface area contributed by atoms with Crippen molar-refractivity contribution in [3.8, 4) is 0 Å². The van der Waals surface area contributed by atoms with Crippen LogP contribution >= 0.6 is 0 Å². The molecule has 0 aliphatic rings. The van der Waals surface area contributed by atoms with E-state index in [0.717, 1.165) is 29.7 Å². The lowest BCUT2D eigenvalue weighted by molar-refractivity contribution is 0.100. The Kier molecular flexibility index (Phi) is 6.01. The Morgan fingerprint density at radius 3 is 2.33 bits per heavy atom. The summed E-state index contributed by atoms with van der Waals surface area (Å²) in [4.78, 5) is 15.8. The number of primary amides is 1. The van der Waals surface area contributed by atoms with Crippen molar-refractivity contribution in [1.82, 2.24) is 10.3 Å². The average Bonchev–Trinajstić information content (AvgIpc) is 2.78. The highest BCUT2D eigenvalue weighted by Gasteiger charge is 2.06. The van der Waals surface area contributed by atoms with E-state index in [4.69, 9.17) is 5.73 Å². The topological polar surface area (TPSA) is 80.0 Å².